The quantitative estimate of drug-likeness (QED) is 0.769. The number of hydrogen-bond donors (Lipinski definition) is 0. The maximum atomic E-state index is 11.3. The average molecular weight is 271 g/mol. The minimum Gasteiger partial charge on any atom is -0.496 e. The molecule has 0 fully saturated rings. The number of ether oxygens (including phenoxy) is 1. The fourth-order valence-electron chi connectivity index (χ4n) is 1.33. The van der Waals surface area contributed by atoms with Gasteiger partial charge in [-0.2, -0.15) is 0 Å². The Bertz CT molecular complexity index is 378. The summed E-state index contributed by atoms with van der Waals surface area (Å²) in [5.74, 6) is 0.602. The van der Waals surface area contributed by atoms with Gasteiger partial charge < -0.3 is 4.74 Å². The number of rotatable bonds is 2. The van der Waals surface area contributed by atoms with E-state index in [9.17, 15) is 4.79 Å². The van der Waals surface area contributed by atoms with Gasteiger partial charge in [-0.1, -0.05) is 26.8 Å². The smallest absolute Gasteiger partial charge is 0.231 e. The third kappa shape index (κ3) is 2.81. The van der Waals surface area contributed by atoms with Gasteiger partial charge in [-0.15, -0.1) is 0 Å². The highest BCUT2D eigenvalue weighted by Crippen LogP contribution is 2.28. The van der Waals surface area contributed by atoms with Crippen LogP contribution >= 0.6 is 15.9 Å². The number of carbonyl (C=O) groups excluding carboxylic acids is 1. The first kappa shape index (κ1) is 12.2. The Morgan fingerprint density at radius 1 is 1.33 bits per heavy atom. The molecular weight excluding hydrogens is 256 g/mol. The second kappa shape index (κ2) is 4.35. The maximum absolute atomic E-state index is 11.3. The van der Waals surface area contributed by atoms with Crippen molar-refractivity contribution in [2.75, 3.05) is 7.11 Å². The molecule has 0 aliphatic carbocycles. The zero-order chi connectivity index (χ0) is 11.6. The van der Waals surface area contributed by atoms with Gasteiger partial charge in [0.25, 0.3) is 0 Å². The lowest BCUT2D eigenvalue weighted by Gasteiger charge is -2.20. The largest absolute Gasteiger partial charge is 0.496 e. The lowest BCUT2D eigenvalue weighted by Crippen LogP contribution is -2.12. The van der Waals surface area contributed by atoms with E-state index < -0.39 is 0 Å². The molecule has 0 heterocycles. The van der Waals surface area contributed by atoms with Crippen molar-refractivity contribution < 1.29 is 9.53 Å². The van der Waals surface area contributed by atoms with Crippen molar-refractivity contribution in [3.8, 4) is 5.75 Å². The van der Waals surface area contributed by atoms with Crippen LogP contribution in [0.3, 0.4) is 0 Å². The summed E-state index contributed by atoms with van der Waals surface area (Å²) in [6.45, 7) is 6.33. The van der Waals surface area contributed by atoms with Crippen molar-refractivity contribution >= 4 is 20.6 Å². The molecule has 82 valence electrons. The van der Waals surface area contributed by atoms with E-state index in [1.165, 1.54) is 0 Å². The molecule has 1 aromatic rings. The highest BCUT2D eigenvalue weighted by Gasteiger charge is 2.17. The molecule has 0 bridgehead atoms. The monoisotopic (exact) mass is 270 g/mol. The van der Waals surface area contributed by atoms with Gasteiger partial charge in [-0.05, 0) is 39.0 Å². The van der Waals surface area contributed by atoms with Crippen LogP contribution in [-0.4, -0.2) is 11.8 Å². The zero-order valence-corrected chi connectivity index (χ0v) is 11.0. The van der Waals surface area contributed by atoms with Crippen LogP contribution in [-0.2, 0) is 5.41 Å². The molecule has 0 saturated carbocycles. The summed E-state index contributed by atoms with van der Waals surface area (Å²) < 4.78 is 4.98. The highest BCUT2D eigenvalue weighted by molar-refractivity contribution is 9.18. The molecule has 1 aromatic carbocycles. The number of benzene rings is 1. The van der Waals surface area contributed by atoms with Crippen LogP contribution in [0.25, 0.3) is 0 Å². The maximum Gasteiger partial charge on any atom is 0.231 e. The molecule has 15 heavy (non-hydrogen) atoms. The molecule has 0 atom stereocenters. The molecule has 0 amide bonds. The summed E-state index contributed by atoms with van der Waals surface area (Å²) in [5.41, 5.74) is 1.72. The second-order valence-electron chi connectivity index (χ2n) is 4.44. The van der Waals surface area contributed by atoms with Crippen LogP contribution in [0.5, 0.6) is 5.75 Å². The van der Waals surface area contributed by atoms with Gasteiger partial charge in [0.2, 0.25) is 4.69 Å². The number of methoxy groups -OCH3 is 1. The molecule has 0 radical (unpaired) electrons. The number of halogens is 1. The lowest BCUT2D eigenvalue weighted by atomic mass is 9.86. The molecule has 0 aliphatic heterocycles. The first-order chi connectivity index (χ1) is 6.86. The van der Waals surface area contributed by atoms with Gasteiger partial charge in [-0.3, -0.25) is 4.79 Å². The Hall–Kier alpha value is -0.830. The van der Waals surface area contributed by atoms with E-state index in [1.54, 1.807) is 7.11 Å². The van der Waals surface area contributed by atoms with Crippen LogP contribution in [0.15, 0.2) is 18.2 Å². The van der Waals surface area contributed by atoms with Gasteiger partial charge in [-0.25, -0.2) is 0 Å². The summed E-state index contributed by atoms with van der Waals surface area (Å²) in [6, 6.07) is 5.68. The Morgan fingerprint density at radius 3 is 2.33 bits per heavy atom. The van der Waals surface area contributed by atoms with Crippen molar-refractivity contribution in [3.63, 3.8) is 0 Å². The van der Waals surface area contributed by atoms with Crippen LogP contribution in [0.1, 0.15) is 36.7 Å². The van der Waals surface area contributed by atoms with Crippen molar-refractivity contribution in [2.45, 2.75) is 26.2 Å². The van der Waals surface area contributed by atoms with Gasteiger partial charge in [0.15, 0.2) is 0 Å². The zero-order valence-electron chi connectivity index (χ0n) is 9.43. The average Bonchev–Trinajstić information content (AvgIpc) is 2.15. The molecule has 0 unspecified atom stereocenters. The third-order valence-electron chi connectivity index (χ3n) is 2.28. The van der Waals surface area contributed by atoms with E-state index in [1.807, 2.05) is 18.2 Å². The number of hydrogen-bond acceptors (Lipinski definition) is 2. The Morgan fingerprint density at radius 2 is 1.93 bits per heavy atom. The molecule has 1 rings (SSSR count). The lowest BCUT2D eigenvalue weighted by molar-refractivity contribution is 0.109. The first-order valence-corrected chi connectivity index (χ1v) is 5.54. The molecule has 0 spiro atoms. The van der Waals surface area contributed by atoms with E-state index in [4.69, 9.17) is 4.74 Å². The summed E-state index contributed by atoms with van der Waals surface area (Å²) in [7, 11) is 1.56. The summed E-state index contributed by atoms with van der Waals surface area (Å²) in [6.07, 6.45) is 0. The fraction of sp³-hybridized carbons (Fsp3) is 0.417. The third-order valence-corrected chi connectivity index (χ3v) is 2.70. The predicted octanol–water partition coefficient (Wildman–Crippen LogP) is 3.53. The van der Waals surface area contributed by atoms with Crippen LogP contribution in [0.2, 0.25) is 0 Å². The SMILES string of the molecule is COc1ccc(C(C)(C)C)cc1C(=O)Br. The molecule has 0 saturated heterocycles. The standard InChI is InChI=1S/C12H15BrO2/c1-12(2,3)8-5-6-10(15-4)9(7-8)11(13)14/h5-7H,1-4H3. The minimum atomic E-state index is -0.148. The molecule has 0 N–H and O–H groups in total. The van der Waals surface area contributed by atoms with Gasteiger partial charge >= 0.3 is 0 Å². The summed E-state index contributed by atoms with van der Waals surface area (Å²) in [5, 5.41) is 0. The molecule has 0 aliphatic rings. The van der Waals surface area contributed by atoms with E-state index in [2.05, 4.69) is 36.7 Å². The Kier molecular flexibility index (Phi) is 3.55. The van der Waals surface area contributed by atoms with Crippen LogP contribution in [0.4, 0.5) is 0 Å². The van der Waals surface area contributed by atoms with Crippen LogP contribution < -0.4 is 4.74 Å². The predicted molar refractivity (Wildman–Crippen MR) is 65.0 cm³/mol. The first-order valence-electron chi connectivity index (χ1n) is 4.74. The van der Waals surface area contributed by atoms with E-state index >= 15 is 0 Å². The highest BCUT2D eigenvalue weighted by atomic mass is 79.9. The van der Waals surface area contributed by atoms with E-state index in [0.717, 1.165) is 5.56 Å². The van der Waals surface area contributed by atoms with Crippen molar-refractivity contribution in [3.05, 3.63) is 29.3 Å². The number of carbonyl (C=O) groups is 1. The van der Waals surface area contributed by atoms with Gasteiger partial charge in [0.1, 0.15) is 5.75 Å². The molecule has 2 nitrogen and oxygen atoms in total. The molecule has 3 heteroatoms. The van der Waals surface area contributed by atoms with Crippen molar-refractivity contribution in [1.82, 2.24) is 0 Å². The Labute approximate surface area is 98.8 Å². The van der Waals surface area contributed by atoms with E-state index in [-0.39, 0.29) is 10.1 Å². The van der Waals surface area contributed by atoms with Gasteiger partial charge in [0, 0.05) is 0 Å². The minimum absolute atomic E-state index is 0.0312. The molecular formula is C12H15BrO2. The van der Waals surface area contributed by atoms with Crippen molar-refractivity contribution in [2.24, 2.45) is 0 Å². The Balaban J connectivity index is 3.28. The van der Waals surface area contributed by atoms with Gasteiger partial charge in [0.05, 0.1) is 12.7 Å². The molecule has 0 aromatic heterocycles. The topological polar surface area (TPSA) is 26.3 Å². The van der Waals surface area contributed by atoms with E-state index in [0.29, 0.717) is 11.3 Å². The summed E-state index contributed by atoms with van der Waals surface area (Å²) >= 11 is 2.96. The fourth-order valence-corrected chi connectivity index (χ4v) is 1.64. The summed E-state index contributed by atoms with van der Waals surface area (Å²) in [4.78, 5) is 11.3. The van der Waals surface area contributed by atoms with Crippen molar-refractivity contribution in [1.29, 1.82) is 0 Å². The van der Waals surface area contributed by atoms with Crippen LogP contribution in [0, 0.1) is 0 Å². The normalized spacial score (nSPS) is 11.3. The second-order valence-corrected chi connectivity index (χ2v) is 5.16.